The van der Waals surface area contributed by atoms with Gasteiger partial charge in [0.1, 0.15) is 0 Å². The van der Waals surface area contributed by atoms with Gasteiger partial charge in [0.05, 0.1) is 11.0 Å². The van der Waals surface area contributed by atoms with E-state index in [-0.39, 0.29) is 0 Å². The van der Waals surface area contributed by atoms with Crippen molar-refractivity contribution in [1.82, 2.24) is 4.90 Å². The van der Waals surface area contributed by atoms with Crippen molar-refractivity contribution in [2.75, 3.05) is 6.54 Å². The molecule has 0 aromatic carbocycles. The van der Waals surface area contributed by atoms with Crippen LogP contribution in [0.15, 0.2) is 0 Å². The fourth-order valence-electron chi connectivity index (χ4n) is 3.52. The van der Waals surface area contributed by atoms with Crippen LogP contribution >= 0.6 is 12.2 Å². The third-order valence-electron chi connectivity index (χ3n) is 4.91. The second-order valence-electron chi connectivity index (χ2n) is 6.07. The van der Waals surface area contributed by atoms with Gasteiger partial charge in [0.2, 0.25) is 0 Å². The van der Waals surface area contributed by atoms with E-state index in [1.165, 1.54) is 45.1 Å². The summed E-state index contributed by atoms with van der Waals surface area (Å²) in [6, 6.07) is 1.11. The molecular weight excluding hydrogens is 228 g/mol. The molecule has 0 amide bonds. The molecule has 0 aromatic heterocycles. The standard InChI is InChI=1S/C14H26N2S/c1-10-6-7-12(9-11(10)2)16-8-4-3-5-13(16)14(15)17/h10-13H,3-9H2,1-2H3,(H2,15,17). The zero-order valence-corrected chi connectivity index (χ0v) is 12.0. The van der Waals surface area contributed by atoms with Gasteiger partial charge in [-0.05, 0) is 50.5 Å². The van der Waals surface area contributed by atoms with Crippen molar-refractivity contribution in [3.05, 3.63) is 0 Å². The zero-order valence-electron chi connectivity index (χ0n) is 11.2. The molecule has 0 spiro atoms. The van der Waals surface area contributed by atoms with E-state index in [0.29, 0.717) is 6.04 Å². The van der Waals surface area contributed by atoms with Crippen molar-refractivity contribution in [1.29, 1.82) is 0 Å². The van der Waals surface area contributed by atoms with E-state index in [9.17, 15) is 0 Å². The lowest BCUT2D eigenvalue weighted by Crippen LogP contribution is -2.53. The van der Waals surface area contributed by atoms with Crippen LogP contribution in [-0.2, 0) is 0 Å². The Labute approximate surface area is 111 Å². The summed E-state index contributed by atoms with van der Waals surface area (Å²) in [5, 5.41) is 0. The lowest BCUT2D eigenvalue weighted by Gasteiger charge is -2.45. The smallest absolute Gasteiger partial charge is 0.0902 e. The van der Waals surface area contributed by atoms with E-state index < -0.39 is 0 Å². The quantitative estimate of drug-likeness (QED) is 0.768. The van der Waals surface area contributed by atoms with Gasteiger partial charge in [0.15, 0.2) is 0 Å². The number of nitrogens with two attached hydrogens (primary N) is 1. The number of hydrogen-bond donors (Lipinski definition) is 1. The van der Waals surface area contributed by atoms with Crippen molar-refractivity contribution >= 4 is 17.2 Å². The van der Waals surface area contributed by atoms with Crippen LogP contribution in [0.25, 0.3) is 0 Å². The number of piperidine rings is 1. The lowest BCUT2D eigenvalue weighted by atomic mass is 9.77. The molecule has 1 heterocycles. The summed E-state index contributed by atoms with van der Waals surface area (Å²) >= 11 is 5.25. The van der Waals surface area contributed by atoms with Crippen LogP contribution in [0.2, 0.25) is 0 Å². The van der Waals surface area contributed by atoms with Crippen LogP contribution in [-0.4, -0.2) is 28.5 Å². The van der Waals surface area contributed by atoms with Gasteiger partial charge in [-0.2, -0.15) is 0 Å². The highest BCUT2D eigenvalue weighted by Crippen LogP contribution is 2.34. The molecular formula is C14H26N2S. The number of thiocarbonyl (C=S) groups is 1. The number of rotatable bonds is 2. The molecule has 0 bridgehead atoms. The molecule has 2 aliphatic rings. The maximum absolute atomic E-state index is 5.92. The maximum atomic E-state index is 5.92. The fraction of sp³-hybridized carbons (Fsp3) is 0.929. The minimum atomic E-state index is 0.379. The molecule has 1 aliphatic carbocycles. The summed E-state index contributed by atoms with van der Waals surface area (Å²) in [5.74, 6) is 1.74. The highest BCUT2D eigenvalue weighted by molar-refractivity contribution is 7.80. The molecule has 3 heteroatoms. The van der Waals surface area contributed by atoms with E-state index in [4.69, 9.17) is 18.0 Å². The van der Waals surface area contributed by atoms with Gasteiger partial charge in [0, 0.05) is 6.04 Å². The first-order valence-corrected chi connectivity index (χ1v) is 7.55. The molecule has 2 nitrogen and oxygen atoms in total. The fourth-order valence-corrected chi connectivity index (χ4v) is 3.77. The first-order valence-electron chi connectivity index (χ1n) is 7.14. The van der Waals surface area contributed by atoms with Gasteiger partial charge in [-0.1, -0.05) is 32.5 Å². The Hall–Kier alpha value is -0.150. The lowest BCUT2D eigenvalue weighted by molar-refractivity contribution is 0.0727. The van der Waals surface area contributed by atoms with Crippen LogP contribution < -0.4 is 5.73 Å². The van der Waals surface area contributed by atoms with E-state index in [0.717, 1.165) is 22.9 Å². The molecule has 0 aromatic rings. The summed E-state index contributed by atoms with van der Waals surface area (Å²) in [5.41, 5.74) is 5.92. The van der Waals surface area contributed by atoms with E-state index in [1.807, 2.05) is 0 Å². The average molecular weight is 254 g/mol. The van der Waals surface area contributed by atoms with Gasteiger partial charge >= 0.3 is 0 Å². The van der Waals surface area contributed by atoms with Gasteiger partial charge in [-0.15, -0.1) is 0 Å². The second-order valence-corrected chi connectivity index (χ2v) is 6.54. The Kier molecular flexibility index (Phi) is 4.42. The highest BCUT2D eigenvalue weighted by atomic mass is 32.1. The normalized spacial score (nSPS) is 40.1. The Morgan fingerprint density at radius 3 is 2.53 bits per heavy atom. The van der Waals surface area contributed by atoms with Crippen LogP contribution in [0.1, 0.15) is 52.4 Å². The van der Waals surface area contributed by atoms with Gasteiger partial charge in [-0.3, -0.25) is 4.90 Å². The molecule has 4 atom stereocenters. The van der Waals surface area contributed by atoms with E-state index in [2.05, 4.69) is 18.7 Å². The van der Waals surface area contributed by atoms with Gasteiger partial charge < -0.3 is 5.73 Å². The molecule has 0 radical (unpaired) electrons. The van der Waals surface area contributed by atoms with E-state index >= 15 is 0 Å². The summed E-state index contributed by atoms with van der Waals surface area (Å²) in [7, 11) is 0. The first kappa shape index (κ1) is 13.3. The molecule has 1 saturated carbocycles. The van der Waals surface area contributed by atoms with Crippen molar-refractivity contribution in [3.8, 4) is 0 Å². The Morgan fingerprint density at radius 1 is 1.12 bits per heavy atom. The predicted octanol–water partition coefficient (Wildman–Crippen LogP) is 2.95. The van der Waals surface area contributed by atoms with Crippen LogP contribution in [0.5, 0.6) is 0 Å². The number of nitrogens with zero attached hydrogens (tertiary/aromatic N) is 1. The zero-order chi connectivity index (χ0) is 12.4. The third kappa shape index (κ3) is 3.00. The Bertz CT molecular complexity index is 279. The minimum Gasteiger partial charge on any atom is -0.392 e. The summed E-state index contributed by atoms with van der Waals surface area (Å²) in [6.07, 6.45) is 7.82. The molecule has 2 fully saturated rings. The van der Waals surface area contributed by atoms with Gasteiger partial charge in [0.25, 0.3) is 0 Å². The van der Waals surface area contributed by atoms with E-state index in [1.54, 1.807) is 0 Å². The van der Waals surface area contributed by atoms with Crippen molar-refractivity contribution in [3.63, 3.8) is 0 Å². The molecule has 98 valence electrons. The number of hydrogen-bond acceptors (Lipinski definition) is 2. The second kappa shape index (κ2) is 5.66. The first-order chi connectivity index (χ1) is 8.09. The Morgan fingerprint density at radius 2 is 1.88 bits per heavy atom. The molecule has 2 rings (SSSR count). The Balaban J connectivity index is 2.01. The maximum Gasteiger partial charge on any atom is 0.0902 e. The SMILES string of the molecule is CC1CCC(N2CCCCC2C(N)=S)CC1C. The molecule has 1 saturated heterocycles. The predicted molar refractivity (Wildman–Crippen MR) is 77.1 cm³/mol. The van der Waals surface area contributed by atoms with Crippen molar-refractivity contribution < 1.29 is 0 Å². The summed E-state index contributed by atoms with van der Waals surface area (Å²) < 4.78 is 0. The minimum absolute atomic E-state index is 0.379. The average Bonchev–Trinajstić information content (AvgIpc) is 2.32. The van der Waals surface area contributed by atoms with Gasteiger partial charge in [-0.25, -0.2) is 0 Å². The third-order valence-corrected chi connectivity index (χ3v) is 5.18. The number of likely N-dealkylation sites (tertiary alicyclic amines) is 1. The summed E-state index contributed by atoms with van der Waals surface area (Å²) in [4.78, 5) is 3.34. The largest absolute Gasteiger partial charge is 0.392 e. The molecule has 2 N–H and O–H groups in total. The molecule has 4 unspecified atom stereocenters. The van der Waals surface area contributed by atoms with Crippen molar-refractivity contribution in [2.24, 2.45) is 17.6 Å². The van der Waals surface area contributed by atoms with Crippen LogP contribution in [0.4, 0.5) is 0 Å². The highest BCUT2D eigenvalue weighted by Gasteiger charge is 2.34. The van der Waals surface area contributed by atoms with Crippen LogP contribution in [0.3, 0.4) is 0 Å². The topological polar surface area (TPSA) is 29.3 Å². The molecule has 1 aliphatic heterocycles. The molecule has 17 heavy (non-hydrogen) atoms. The van der Waals surface area contributed by atoms with Crippen LogP contribution in [0, 0.1) is 11.8 Å². The monoisotopic (exact) mass is 254 g/mol. The summed E-state index contributed by atoms with van der Waals surface area (Å²) in [6.45, 7) is 5.99. The van der Waals surface area contributed by atoms with Crippen molar-refractivity contribution in [2.45, 2.75) is 64.5 Å².